The van der Waals surface area contributed by atoms with Gasteiger partial charge in [-0.05, 0) is 57.2 Å². The number of halogens is 1. The predicted molar refractivity (Wildman–Crippen MR) is 134 cm³/mol. The summed E-state index contributed by atoms with van der Waals surface area (Å²) in [6.07, 6.45) is 2.29. The van der Waals surface area contributed by atoms with Crippen LogP contribution in [-0.2, 0) is 11.3 Å². The van der Waals surface area contributed by atoms with Crippen LogP contribution in [0.3, 0.4) is 0 Å². The number of aliphatic imine (C=N–C) groups is 1. The van der Waals surface area contributed by atoms with E-state index in [-0.39, 0.29) is 36.5 Å². The van der Waals surface area contributed by atoms with Crippen molar-refractivity contribution in [1.29, 1.82) is 0 Å². The highest BCUT2D eigenvalue weighted by Crippen LogP contribution is 2.28. The number of guanidine groups is 1. The number of benzene rings is 1. The molecule has 0 aliphatic carbocycles. The summed E-state index contributed by atoms with van der Waals surface area (Å²) in [5, 5.41) is 9.46. The van der Waals surface area contributed by atoms with Crippen molar-refractivity contribution in [2.24, 2.45) is 10.9 Å². The standard InChI is InChI=1S/C22H38N4O3.HI/c1-7-23-21(27)15-29-19-12-11-18(13-20(19)28-6)14-25-22(24-8-2)26-17(5)10-9-16(3)4;/h11-13,16-17H,7-10,14-15H2,1-6H3,(H,23,27)(H2,24,25,26);1H. The first-order valence-corrected chi connectivity index (χ1v) is 10.5. The highest BCUT2D eigenvalue weighted by atomic mass is 127. The summed E-state index contributed by atoms with van der Waals surface area (Å²) in [5.74, 6) is 2.47. The number of carbonyl (C=O) groups is 1. The topological polar surface area (TPSA) is 84.0 Å². The summed E-state index contributed by atoms with van der Waals surface area (Å²) in [5.41, 5.74) is 0.999. The van der Waals surface area contributed by atoms with E-state index in [0.29, 0.717) is 36.5 Å². The van der Waals surface area contributed by atoms with Gasteiger partial charge in [0.2, 0.25) is 0 Å². The van der Waals surface area contributed by atoms with Crippen molar-refractivity contribution in [3.63, 3.8) is 0 Å². The molecule has 7 nitrogen and oxygen atoms in total. The van der Waals surface area contributed by atoms with E-state index >= 15 is 0 Å². The molecular formula is C22H39IN4O3. The zero-order valence-electron chi connectivity index (χ0n) is 19.2. The Morgan fingerprint density at radius 1 is 1.07 bits per heavy atom. The molecule has 1 amide bonds. The minimum absolute atomic E-state index is 0. The zero-order chi connectivity index (χ0) is 21.6. The van der Waals surface area contributed by atoms with E-state index in [9.17, 15) is 4.79 Å². The van der Waals surface area contributed by atoms with Crippen molar-refractivity contribution in [3.05, 3.63) is 23.8 Å². The maximum absolute atomic E-state index is 11.6. The molecule has 30 heavy (non-hydrogen) atoms. The number of carbonyl (C=O) groups excluding carboxylic acids is 1. The van der Waals surface area contributed by atoms with Gasteiger partial charge in [-0.15, -0.1) is 24.0 Å². The van der Waals surface area contributed by atoms with Crippen LogP contribution >= 0.6 is 24.0 Å². The average molecular weight is 534 g/mol. The van der Waals surface area contributed by atoms with E-state index < -0.39 is 0 Å². The highest BCUT2D eigenvalue weighted by molar-refractivity contribution is 14.0. The molecule has 0 bridgehead atoms. The van der Waals surface area contributed by atoms with Crippen LogP contribution in [0.15, 0.2) is 23.2 Å². The molecule has 8 heteroatoms. The molecule has 0 aromatic heterocycles. The fraction of sp³-hybridized carbons (Fsp3) is 0.636. The van der Waals surface area contributed by atoms with Crippen LogP contribution < -0.4 is 25.4 Å². The summed E-state index contributed by atoms with van der Waals surface area (Å²) in [6, 6.07) is 6.00. The molecule has 172 valence electrons. The maximum atomic E-state index is 11.6. The number of ether oxygens (including phenoxy) is 2. The number of methoxy groups -OCH3 is 1. The van der Waals surface area contributed by atoms with Gasteiger partial charge in [0.15, 0.2) is 24.1 Å². The lowest BCUT2D eigenvalue weighted by atomic mass is 10.0. The van der Waals surface area contributed by atoms with Gasteiger partial charge in [0.05, 0.1) is 13.7 Å². The van der Waals surface area contributed by atoms with Crippen LogP contribution in [0.2, 0.25) is 0 Å². The largest absolute Gasteiger partial charge is 0.493 e. The minimum Gasteiger partial charge on any atom is -0.493 e. The fourth-order valence-corrected chi connectivity index (χ4v) is 2.70. The Morgan fingerprint density at radius 2 is 1.77 bits per heavy atom. The minimum atomic E-state index is -0.156. The summed E-state index contributed by atoms with van der Waals surface area (Å²) >= 11 is 0. The van der Waals surface area contributed by atoms with Crippen LogP contribution in [0.5, 0.6) is 11.5 Å². The van der Waals surface area contributed by atoms with Crippen LogP contribution in [0, 0.1) is 5.92 Å². The molecule has 1 aromatic carbocycles. The number of nitrogens with zero attached hydrogens (tertiary/aromatic N) is 1. The molecule has 1 unspecified atom stereocenters. The Kier molecular flexibility index (Phi) is 15.1. The van der Waals surface area contributed by atoms with Crippen molar-refractivity contribution < 1.29 is 14.3 Å². The van der Waals surface area contributed by atoms with Gasteiger partial charge in [-0.25, -0.2) is 4.99 Å². The molecule has 3 N–H and O–H groups in total. The molecule has 0 heterocycles. The number of rotatable bonds is 12. The van der Waals surface area contributed by atoms with Crippen molar-refractivity contribution in [3.8, 4) is 11.5 Å². The van der Waals surface area contributed by atoms with Gasteiger partial charge < -0.3 is 25.4 Å². The van der Waals surface area contributed by atoms with E-state index in [4.69, 9.17) is 9.47 Å². The lowest BCUT2D eigenvalue weighted by Crippen LogP contribution is -2.42. The second-order valence-electron chi connectivity index (χ2n) is 7.44. The number of likely N-dealkylation sites (N-methyl/N-ethyl adjacent to an activating group) is 1. The van der Waals surface area contributed by atoms with Gasteiger partial charge in [0, 0.05) is 19.1 Å². The van der Waals surface area contributed by atoms with Crippen LogP contribution in [0.4, 0.5) is 0 Å². The second-order valence-corrected chi connectivity index (χ2v) is 7.44. The molecule has 0 aliphatic heterocycles. The third-order valence-corrected chi connectivity index (χ3v) is 4.28. The second kappa shape index (κ2) is 16.0. The van der Waals surface area contributed by atoms with Gasteiger partial charge in [-0.2, -0.15) is 0 Å². The molecule has 0 saturated carbocycles. The number of nitrogens with one attached hydrogen (secondary N) is 3. The van der Waals surface area contributed by atoms with E-state index in [2.05, 4.69) is 48.6 Å². The maximum Gasteiger partial charge on any atom is 0.257 e. The molecule has 0 fully saturated rings. The summed E-state index contributed by atoms with van der Waals surface area (Å²) in [4.78, 5) is 16.3. The van der Waals surface area contributed by atoms with E-state index in [1.807, 2.05) is 25.1 Å². The van der Waals surface area contributed by atoms with E-state index in [1.165, 1.54) is 6.42 Å². The van der Waals surface area contributed by atoms with Crippen LogP contribution in [0.25, 0.3) is 0 Å². The number of hydrogen-bond donors (Lipinski definition) is 3. The van der Waals surface area contributed by atoms with Gasteiger partial charge in [-0.1, -0.05) is 19.9 Å². The average Bonchev–Trinajstić information content (AvgIpc) is 2.69. The zero-order valence-corrected chi connectivity index (χ0v) is 21.5. The van der Waals surface area contributed by atoms with E-state index in [0.717, 1.165) is 24.5 Å². The third kappa shape index (κ3) is 11.5. The van der Waals surface area contributed by atoms with Gasteiger partial charge >= 0.3 is 0 Å². The number of hydrogen-bond acceptors (Lipinski definition) is 4. The van der Waals surface area contributed by atoms with Crippen molar-refractivity contribution in [1.82, 2.24) is 16.0 Å². The number of amides is 1. The first-order chi connectivity index (χ1) is 13.9. The molecule has 0 spiro atoms. The SMILES string of the molecule is CCNC(=O)COc1ccc(CN=C(NCC)NC(C)CCC(C)C)cc1OC.I. The predicted octanol–water partition coefficient (Wildman–Crippen LogP) is 3.71. The molecule has 1 atom stereocenters. The Morgan fingerprint density at radius 3 is 2.37 bits per heavy atom. The van der Waals surface area contributed by atoms with E-state index in [1.54, 1.807) is 7.11 Å². The van der Waals surface area contributed by atoms with Crippen LogP contribution in [0.1, 0.15) is 53.0 Å². The molecule has 0 radical (unpaired) electrons. The molecule has 0 saturated heterocycles. The lowest BCUT2D eigenvalue weighted by Gasteiger charge is -2.18. The third-order valence-electron chi connectivity index (χ3n) is 4.28. The van der Waals surface area contributed by atoms with Crippen molar-refractivity contribution >= 4 is 35.8 Å². The Balaban J connectivity index is 0.00000841. The molecular weight excluding hydrogens is 495 g/mol. The molecule has 1 aromatic rings. The molecule has 1 rings (SSSR count). The normalized spacial score (nSPS) is 12.0. The monoisotopic (exact) mass is 534 g/mol. The summed E-state index contributed by atoms with van der Waals surface area (Å²) in [6.45, 7) is 12.4. The van der Waals surface area contributed by atoms with Crippen LogP contribution in [-0.4, -0.2) is 44.7 Å². The first-order valence-electron chi connectivity index (χ1n) is 10.5. The van der Waals surface area contributed by atoms with Gasteiger partial charge in [0.25, 0.3) is 5.91 Å². The quantitative estimate of drug-likeness (QED) is 0.216. The Labute approximate surface area is 198 Å². The Hall–Kier alpha value is -1.71. The summed E-state index contributed by atoms with van der Waals surface area (Å²) < 4.78 is 11.0. The smallest absolute Gasteiger partial charge is 0.257 e. The lowest BCUT2D eigenvalue weighted by molar-refractivity contribution is -0.123. The summed E-state index contributed by atoms with van der Waals surface area (Å²) in [7, 11) is 1.59. The van der Waals surface area contributed by atoms with Gasteiger partial charge in [-0.3, -0.25) is 4.79 Å². The first kappa shape index (κ1) is 28.3. The van der Waals surface area contributed by atoms with Crippen molar-refractivity contribution in [2.75, 3.05) is 26.8 Å². The highest BCUT2D eigenvalue weighted by Gasteiger charge is 2.09. The van der Waals surface area contributed by atoms with Gasteiger partial charge in [0.1, 0.15) is 0 Å². The van der Waals surface area contributed by atoms with Crippen molar-refractivity contribution in [2.45, 2.75) is 60.0 Å². The Bertz CT molecular complexity index is 653. The molecule has 0 aliphatic rings. The fourth-order valence-electron chi connectivity index (χ4n) is 2.70.